The Morgan fingerprint density at radius 1 is 1.20 bits per heavy atom. The van der Waals surface area contributed by atoms with Crippen molar-refractivity contribution >= 4 is 0 Å². The quantitative estimate of drug-likeness (QED) is 0.584. The third-order valence-electron chi connectivity index (χ3n) is 2.96. The van der Waals surface area contributed by atoms with Gasteiger partial charge in [-0.15, -0.1) is 0 Å². The lowest BCUT2D eigenvalue weighted by molar-refractivity contribution is 0.274. The van der Waals surface area contributed by atoms with Crippen LogP contribution in [0.15, 0.2) is 0 Å². The summed E-state index contributed by atoms with van der Waals surface area (Å²) >= 11 is 0. The zero-order valence-electron chi connectivity index (χ0n) is 6.77. The molecule has 1 nitrogen and oxygen atoms in total. The van der Waals surface area contributed by atoms with Gasteiger partial charge in [-0.25, -0.2) is 0 Å². The Bertz CT molecular complexity index is 118. The van der Waals surface area contributed by atoms with Gasteiger partial charge >= 0.3 is 0 Å². The molecule has 2 aliphatic rings. The van der Waals surface area contributed by atoms with Crippen LogP contribution in [0.4, 0.5) is 0 Å². The zero-order chi connectivity index (χ0) is 6.97. The fourth-order valence-corrected chi connectivity index (χ4v) is 2.16. The Morgan fingerprint density at radius 3 is 2.60 bits per heavy atom. The smallest absolute Gasteiger partial charge is 0.0121 e. The van der Waals surface area contributed by atoms with Crippen molar-refractivity contribution in [2.24, 2.45) is 11.8 Å². The SMILES string of the molecule is CC1CCCNC1C1CC1. The standard InChI is InChI=1S/C9H17N/c1-7-3-2-6-10-9(7)8-4-5-8/h7-10H,2-6H2,1H3. The highest BCUT2D eigenvalue weighted by Crippen LogP contribution is 2.37. The molecule has 1 aliphatic carbocycles. The van der Waals surface area contributed by atoms with E-state index in [2.05, 4.69) is 12.2 Å². The molecule has 1 heterocycles. The Labute approximate surface area is 63.2 Å². The van der Waals surface area contributed by atoms with Crippen LogP contribution in [-0.4, -0.2) is 12.6 Å². The van der Waals surface area contributed by atoms with Crippen molar-refractivity contribution in [2.75, 3.05) is 6.54 Å². The monoisotopic (exact) mass is 139 g/mol. The summed E-state index contributed by atoms with van der Waals surface area (Å²) in [6.07, 6.45) is 5.82. The third kappa shape index (κ3) is 1.20. The fourth-order valence-electron chi connectivity index (χ4n) is 2.16. The molecule has 1 saturated heterocycles. The summed E-state index contributed by atoms with van der Waals surface area (Å²) in [7, 11) is 0. The number of hydrogen-bond donors (Lipinski definition) is 1. The first-order valence-corrected chi connectivity index (χ1v) is 4.61. The van der Waals surface area contributed by atoms with E-state index >= 15 is 0 Å². The fraction of sp³-hybridized carbons (Fsp3) is 1.00. The van der Waals surface area contributed by atoms with Crippen LogP contribution in [0.2, 0.25) is 0 Å². The second-order valence-electron chi connectivity index (χ2n) is 3.94. The molecule has 2 atom stereocenters. The highest BCUT2D eigenvalue weighted by atomic mass is 14.9. The normalized spacial score (nSPS) is 41.7. The lowest BCUT2D eigenvalue weighted by Crippen LogP contribution is -2.41. The van der Waals surface area contributed by atoms with Gasteiger partial charge in [-0.1, -0.05) is 6.92 Å². The lowest BCUT2D eigenvalue weighted by atomic mass is 9.90. The number of nitrogens with one attached hydrogen (secondary N) is 1. The first-order valence-electron chi connectivity index (χ1n) is 4.61. The van der Waals surface area contributed by atoms with Gasteiger partial charge in [0.2, 0.25) is 0 Å². The molecule has 0 aromatic carbocycles. The predicted molar refractivity (Wildman–Crippen MR) is 42.9 cm³/mol. The van der Waals surface area contributed by atoms with E-state index in [0.717, 1.165) is 17.9 Å². The molecular weight excluding hydrogens is 122 g/mol. The van der Waals surface area contributed by atoms with Crippen LogP contribution >= 0.6 is 0 Å². The van der Waals surface area contributed by atoms with E-state index in [9.17, 15) is 0 Å². The van der Waals surface area contributed by atoms with Crippen molar-refractivity contribution in [3.8, 4) is 0 Å². The van der Waals surface area contributed by atoms with Crippen LogP contribution in [0.25, 0.3) is 0 Å². The molecule has 1 saturated carbocycles. The van der Waals surface area contributed by atoms with E-state index in [-0.39, 0.29) is 0 Å². The zero-order valence-corrected chi connectivity index (χ0v) is 6.77. The van der Waals surface area contributed by atoms with Gasteiger partial charge < -0.3 is 5.32 Å². The van der Waals surface area contributed by atoms with Crippen LogP contribution < -0.4 is 5.32 Å². The molecule has 2 unspecified atom stereocenters. The first-order chi connectivity index (χ1) is 4.88. The van der Waals surface area contributed by atoms with Crippen LogP contribution in [0.3, 0.4) is 0 Å². The summed E-state index contributed by atoms with van der Waals surface area (Å²) in [6.45, 7) is 3.67. The van der Waals surface area contributed by atoms with Gasteiger partial charge in [0.25, 0.3) is 0 Å². The van der Waals surface area contributed by atoms with Crippen molar-refractivity contribution in [1.29, 1.82) is 0 Å². The molecule has 0 radical (unpaired) electrons. The second kappa shape index (κ2) is 2.54. The molecule has 2 fully saturated rings. The van der Waals surface area contributed by atoms with E-state index in [1.807, 2.05) is 0 Å². The topological polar surface area (TPSA) is 12.0 Å². The van der Waals surface area contributed by atoms with Gasteiger partial charge in [-0.2, -0.15) is 0 Å². The second-order valence-corrected chi connectivity index (χ2v) is 3.94. The van der Waals surface area contributed by atoms with Gasteiger partial charge in [-0.3, -0.25) is 0 Å². The van der Waals surface area contributed by atoms with Crippen molar-refractivity contribution in [1.82, 2.24) is 5.32 Å². The Morgan fingerprint density at radius 2 is 2.00 bits per heavy atom. The Kier molecular flexibility index (Phi) is 1.69. The predicted octanol–water partition coefficient (Wildman–Crippen LogP) is 1.78. The van der Waals surface area contributed by atoms with Gasteiger partial charge in [-0.05, 0) is 44.1 Å². The van der Waals surface area contributed by atoms with Crippen LogP contribution in [0.1, 0.15) is 32.6 Å². The van der Waals surface area contributed by atoms with Gasteiger partial charge in [0.1, 0.15) is 0 Å². The maximum absolute atomic E-state index is 3.63. The lowest BCUT2D eigenvalue weighted by Gasteiger charge is -2.30. The molecular formula is C9H17N. The Hall–Kier alpha value is -0.0400. The molecule has 0 spiro atoms. The van der Waals surface area contributed by atoms with Crippen molar-refractivity contribution in [3.63, 3.8) is 0 Å². The Balaban J connectivity index is 1.90. The minimum absolute atomic E-state index is 0.883. The summed E-state index contributed by atoms with van der Waals surface area (Å²) in [6, 6.07) is 0.883. The molecule has 2 rings (SSSR count). The summed E-state index contributed by atoms with van der Waals surface area (Å²) in [5.41, 5.74) is 0. The molecule has 0 amide bonds. The minimum Gasteiger partial charge on any atom is -0.313 e. The maximum atomic E-state index is 3.63. The molecule has 0 bridgehead atoms. The number of piperidine rings is 1. The molecule has 58 valence electrons. The number of rotatable bonds is 1. The van der Waals surface area contributed by atoms with E-state index in [1.165, 1.54) is 32.2 Å². The van der Waals surface area contributed by atoms with Crippen molar-refractivity contribution < 1.29 is 0 Å². The summed E-state index contributed by atoms with van der Waals surface area (Å²) in [5, 5.41) is 3.63. The highest BCUT2D eigenvalue weighted by molar-refractivity contribution is 4.91. The molecule has 0 aromatic rings. The molecule has 10 heavy (non-hydrogen) atoms. The number of hydrogen-bond acceptors (Lipinski definition) is 1. The average Bonchev–Trinajstić information content (AvgIpc) is 2.71. The van der Waals surface area contributed by atoms with Crippen LogP contribution in [0, 0.1) is 11.8 Å². The van der Waals surface area contributed by atoms with Crippen LogP contribution in [-0.2, 0) is 0 Å². The summed E-state index contributed by atoms with van der Waals surface area (Å²) < 4.78 is 0. The average molecular weight is 139 g/mol. The maximum Gasteiger partial charge on any atom is 0.0121 e. The summed E-state index contributed by atoms with van der Waals surface area (Å²) in [5.74, 6) is 2.00. The highest BCUT2D eigenvalue weighted by Gasteiger charge is 2.35. The van der Waals surface area contributed by atoms with Gasteiger partial charge in [0, 0.05) is 6.04 Å². The van der Waals surface area contributed by atoms with E-state index in [0.29, 0.717) is 0 Å². The minimum atomic E-state index is 0.883. The van der Waals surface area contributed by atoms with Crippen molar-refractivity contribution in [3.05, 3.63) is 0 Å². The molecule has 1 N–H and O–H groups in total. The van der Waals surface area contributed by atoms with Gasteiger partial charge in [0.05, 0.1) is 0 Å². The molecule has 1 heteroatoms. The van der Waals surface area contributed by atoms with E-state index < -0.39 is 0 Å². The van der Waals surface area contributed by atoms with Crippen LogP contribution in [0.5, 0.6) is 0 Å². The van der Waals surface area contributed by atoms with Gasteiger partial charge in [0.15, 0.2) is 0 Å². The third-order valence-corrected chi connectivity index (χ3v) is 2.96. The largest absolute Gasteiger partial charge is 0.313 e. The summed E-state index contributed by atoms with van der Waals surface area (Å²) in [4.78, 5) is 0. The van der Waals surface area contributed by atoms with Crippen molar-refractivity contribution in [2.45, 2.75) is 38.6 Å². The molecule has 1 aliphatic heterocycles. The van der Waals surface area contributed by atoms with E-state index in [4.69, 9.17) is 0 Å². The van der Waals surface area contributed by atoms with E-state index in [1.54, 1.807) is 0 Å². The molecule has 0 aromatic heterocycles. The first kappa shape index (κ1) is 6.66.